The van der Waals surface area contributed by atoms with Crippen LogP contribution in [0, 0.1) is 0 Å². The predicted molar refractivity (Wildman–Crippen MR) is 80.7 cm³/mol. The molecule has 0 spiro atoms. The monoisotopic (exact) mass is 304 g/mol. The van der Waals surface area contributed by atoms with Crippen LogP contribution in [0.4, 0.5) is 5.69 Å². The van der Waals surface area contributed by atoms with Crippen molar-refractivity contribution in [2.75, 3.05) is 5.73 Å². The molecule has 5 nitrogen and oxygen atoms in total. The summed E-state index contributed by atoms with van der Waals surface area (Å²) in [5, 5.41) is 0. The fraction of sp³-hybridized carbons (Fsp3) is 0.200. The number of hydrogen-bond donors (Lipinski definition) is 2. The fourth-order valence-electron chi connectivity index (χ4n) is 1.85. The molecule has 2 aromatic rings. The Kier molecular flexibility index (Phi) is 3.57. The third-order valence-electron chi connectivity index (χ3n) is 3.15. The summed E-state index contributed by atoms with van der Waals surface area (Å²) >= 11 is 0. The molecule has 1 aliphatic rings. The highest BCUT2D eigenvalue weighted by molar-refractivity contribution is 7.89. The van der Waals surface area contributed by atoms with Crippen molar-refractivity contribution in [3.8, 4) is 11.5 Å². The Morgan fingerprint density at radius 2 is 1.48 bits per heavy atom. The minimum atomic E-state index is -3.41. The number of nitrogens with one attached hydrogen (secondary N) is 1. The zero-order valence-electron chi connectivity index (χ0n) is 11.3. The molecule has 0 heterocycles. The van der Waals surface area contributed by atoms with Crippen LogP contribution >= 0.6 is 0 Å². The van der Waals surface area contributed by atoms with E-state index in [2.05, 4.69) is 4.72 Å². The van der Waals surface area contributed by atoms with Gasteiger partial charge in [-0.05, 0) is 61.4 Å². The topological polar surface area (TPSA) is 81.4 Å². The van der Waals surface area contributed by atoms with Crippen LogP contribution in [0.3, 0.4) is 0 Å². The van der Waals surface area contributed by atoms with Crippen LogP contribution in [0.25, 0.3) is 0 Å². The normalized spacial score (nSPS) is 14.9. The van der Waals surface area contributed by atoms with Gasteiger partial charge >= 0.3 is 0 Å². The number of nitrogen functional groups attached to an aromatic ring is 1. The van der Waals surface area contributed by atoms with Gasteiger partial charge in [-0.2, -0.15) is 0 Å². The maximum atomic E-state index is 12.0. The van der Waals surface area contributed by atoms with Crippen molar-refractivity contribution in [1.82, 2.24) is 4.72 Å². The third kappa shape index (κ3) is 3.53. The van der Waals surface area contributed by atoms with Crippen molar-refractivity contribution in [3.05, 3.63) is 48.5 Å². The van der Waals surface area contributed by atoms with Gasteiger partial charge in [0, 0.05) is 11.7 Å². The maximum Gasteiger partial charge on any atom is 0.240 e. The van der Waals surface area contributed by atoms with Gasteiger partial charge in [0.2, 0.25) is 10.0 Å². The SMILES string of the molecule is Nc1ccc(Oc2ccc(S(=O)(=O)NC3CC3)cc2)cc1. The van der Waals surface area contributed by atoms with Crippen LogP contribution < -0.4 is 15.2 Å². The first kappa shape index (κ1) is 13.9. The van der Waals surface area contributed by atoms with E-state index in [9.17, 15) is 8.42 Å². The fourth-order valence-corrected chi connectivity index (χ4v) is 3.15. The molecule has 6 heteroatoms. The summed E-state index contributed by atoms with van der Waals surface area (Å²) in [5.41, 5.74) is 6.27. The molecular weight excluding hydrogens is 288 g/mol. The number of rotatable bonds is 5. The second kappa shape index (κ2) is 5.38. The summed E-state index contributed by atoms with van der Waals surface area (Å²) in [5.74, 6) is 1.22. The second-order valence-corrected chi connectivity index (χ2v) is 6.75. The van der Waals surface area contributed by atoms with E-state index in [1.807, 2.05) is 0 Å². The minimum Gasteiger partial charge on any atom is -0.457 e. The molecule has 3 rings (SSSR count). The predicted octanol–water partition coefficient (Wildman–Crippen LogP) is 2.50. The Balaban J connectivity index is 1.72. The molecule has 3 N–H and O–H groups in total. The Morgan fingerprint density at radius 3 is 2.00 bits per heavy atom. The number of anilines is 1. The highest BCUT2D eigenvalue weighted by Crippen LogP contribution is 2.25. The molecule has 0 bridgehead atoms. The first-order chi connectivity index (χ1) is 10.0. The van der Waals surface area contributed by atoms with Gasteiger partial charge in [0.15, 0.2) is 0 Å². The molecule has 1 saturated carbocycles. The molecule has 0 aromatic heterocycles. The summed E-state index contributed by atoms with van der Waals surface area (Å²) < 4.78 is 32.3. The highest BCUT2D eigenvalue weighted by Gasteiger charge is 2.27. The van der Waals surface area contributed by atoms with E-state index in [1.165, 1.54) is 12.1 Å². The van der Waals surface area contributed by atoms with E-state index in [-0.39, 0.29) is 10.9 Å². The van der Waals surface area contributed by atoms with E-state index in [0.29, 0.717) is 17.2 Å². The zero-order valence-corrected chi connectivity index (χ0v) is 12.1. The van der Waals surface area contributed by atoms with Gasteiger partial charge in [0.25, 0.3) is 0 Å². The average Bonchev–Trinajstić information content (AvgIpc) is 3.25. The zero-order chi connectivity index (χ0) is 14.9. The Bertz CT molecular complexity index is 721. The van der Waals surface area contributed by atoms with Crippen molar-refractivity contribution in [3.63, 3.8) is 0 Å². The Hall–Kier alpha value is -2.05. The van der Waals surface area contributed by atoms with E-state index in [1.54, 1.807) is 36.4 Å². The van der Waals surface area contributed by atoms with Gasteiger partial charge in [-0.1, -0.05) is 0 Å². The first-order valence-corrected chi connectivity index (χ1v) is 8.17. The molecular formula is C15H16N2O3S. The smallest absolute Gasteiger partial charge is 0.240 e. The standard InChI is InChI=1S/C15H16N2O3S/c16-11-1-5-13(6-2-11)20-14-7-9-15(10-8-14)21(18,19)17-12-3-4-12/h1-2,5-10,12,17H,3-4,16H2. The van der Waals surface area contributed by atoms with E-state index in [4.69, 9.17) is 10.5 Å². The third-order valence-corrected chi connectivity index (χ3v) is 4.69. The van der Waals surface area contributed by atoms with Crippen LogP contribution in [0.2, 0.25) is 0 Å². The number of nitrogens with two attached hydrogens (primary N) is 1. The Labute approximate surface area is 123 Å². The quantitative estimate of drug-likeness (QED) is 0.832. The van der Waals surface area contributed by atoms with Crippen molar-refractivity contribution >= 4 is 15.7 Å². The first-order valence-electron chi connectivity index (χ1n) is 6.69. The lowest BCUT2D eigenvalue weighted by Crippen LogP contribution is -2.25. The van der Waals surface area contributed by atoms with E-state index < -0.39 is 10.0 Å². The summed E-state index contributed by atoms with van der Waals surface area (Å²) in [6, 6.07) is 13.5. The van der Waals surface area contributed by atoms with Gasteiger partial charge in [-0.3, -0.25) is 0 Å². The minimum absolute atomic E-state index is 0.0979. The molecule has 0 aliphatic heterocycles. The van der Waals surface area contributed by atoms with Crippen molar-refractivity contribution in [2.45, 2.75) is 23.8 Å². The summed E-state index contributed by atoms with van der Waals surface area (Å²) in [7, 11) is -3.41. The average molecular weight is 304 g/mol. The molecule has 0 radical (unpaired) electrons. The summed E-state index contributed by atoms with van der Waals surface area (Å²) in [4.78, 5) is 0.249. The molecule has 0 saturated heterocycles. The van der Waals surface area contributed by atoms with Crippen molar-refractivity contribution in [2.24, 2.45) is 0 Å². The molecule has 0 unspecified atom stereocenters. The number of benzene rings is 2. The lowest BCUT2D eigenvalue weighted by Gasteiger charge is -2.08. The van der Waals surface area contributed by atoms with Crippen molar-refractivity contribution < 1.29 is 13.2 Å². The molecule has 1 fully saturated rings. The molecule has 0 amide bonds. The second-order valence-electron chi connectivity index (χ2n) is 5.04. The number of ether oxygens (including phenoxy) is 1. The molecule has 1 aliphatic carbocycles. The Morgan fingerprint density at radius 1 is 0.952 bits per heavy atom. The molecule has 2 aromatic carbocycles. The van der Waals surface area contributed by atoms with Gasteiger partial charge in [-0.15, -0.1) is 0 Å². The van der Waals surface area contributed by atoms with Crippen LogP contribution in [0.5, 0.6) is 11.5 Å². The molecule has 21 heavy (non-hydrogen) atoms. The van der Waals surface area contributed by atoms with Gasteiger partial charge in [-0.25, -0.2) is 13.1 Å². The van der Waals surface area contributed by atoms with Crippen LogP contribution in [-0.2, 0) is 10.0 Å². The lowest BCUT2D eigenvalue weighted by molar-refractivity contribution is 0.482. The van der Waals surface area contributed by atoms with Gasteiger partial charge in [0.1, 0.15) is 11.5 Å². The summed E-state index contributed by atoms with van der Waals surface area (Å²) in [6.07, 6.45) is 1.83. The van der Waals surface area contributed by atoms with Crippen LogP contribution in [-0.4, -0.2) is 14.5 Å². The number of sulfonamides is 1. The molecule has 110 valence electrons. The van der Waals surface area contributed by atoms with Crippen LogP contribution in [0.1, 0.15) is 12.8 Å². The highest BCUT2D eigenvalue weighted by atomic mass is 32.2. The van der Waals surface area contributed by atoms with Crippen molar-refractivity contribution in [1.29, 1.82) is 0 Å². The number of hydrogen-bond acceptors (Lipinski definition) is 4. The van der Waals surface area contributed by atoms with Gasteiger partial charge < -0.3 is 10.5 Å². The van der Waals surface area contributed by atoms with Crippen LogP contribution in [0.15, 0.2) is 53.4 Å². The van der Waals surface area contributed by atoms with E-state index >= 15 is 0 Å². The van der Waals surface area contributed by atoms with Gasteiger partial charge in [0.05, 0.1) is 4.90 Å². The van der Waals surface area contributed by atoms with E-state index in [0.717, 1.165) is 12.8 Å². The molecule has 0 atom stereocenters. The summed E-state index contributed by atoms with van der Waals surface area (Å²) in [6.45, 7) is 0. The largest absolute Gasteiger partial charge is 0.457 e. The maximum absolute atomic E-state index is 12.0. The lowest BCUT2D eigenvalue weighted by atomic mass is 10.3.